The molecular formula is C8H15IN4. The summed E-state index contributed by atoms with van der Waals surface area (Å²) in [5, 5.41) is 14.8. The maximum atomic E-state index is 8.76. The van der Waals surface area contributed by atoms with E-state index >= 15 is 0 Å². The normalized spacial score (nSPS) is 18.1. The van der Waals surface area contributed by atoms with Crippen molar-refractivity contribution in [2.75, 3.05) is 20.6 Å². The van der Waals surface area contributed by atoms with E-state index in [0.29, 0.717) is 6.54 Å². The second-order valence-electron chi connectivity index (χ2n) is 3.07. The molecule has 0 heterocycles. The molecule has 4 nitrogen and oxygen atoms in total. The van der Waals surface area contributed by atoms with E-state index in [1.165, 1.54) is 0 Å². The Bertz CT molecular complexity index is 227. The molecule has 0 radical (unpaired) electrons. The van der Waals surface area contributed by atoms with Crippen LogP contribution in [0, 0.1) is 16.7 Å². The van der Waals surface area contributed by atoms with Gasteiger partial charge in [0.05, 0.1) is 11.5 Å². The molecule has 0 atom stereocenters. The number of nitrogens with one attached hydrogen (secondary N) is 2. The third-order valence-corrected chi connectivity index (χ3v) is 2.15. The van der Waals surface area contributed by atoms with Crippen LogP contribution in [-0.4, -0.2) is 26.6 Å². The first kappa shape index (κ1) is 12.5. The second-order valence-corrected chi connectivity index (χ2v) is 3.07. The highest BCUT2D eigenvalue weighted by molar-refractivity contribution is 14.0. The van der Waals surface area contributed by atoms with Gasteiger partial charge in [-0.3, -0.25) is 4.99 Å². The van der Waals surface area contributed by atoms with Crippen LogP contribution in [0.3, 0.4) is 0 Å². The minimum absolute atomic E-state index is 0. The summed E-state index contributed by atoms with van der Waals surface area (Å²) in [7, 11) is 3.52. The van der Waals surface area contributed by atoms with E-state index < -0.39 is 0 Å². The van der Waals surface area contributed by atoms with E-state index in [0.717, 1.165) is 18.8 Å². The molecule has 0 aromatic rings. The molecule has 1 saturated carbocycles. The largest absolute Gasteiger partial charge is 0.359 e. The molecule has 74 valence electrons. The Hall–Kier alpha value is -0.510. The highest BCUT2D eigenvalue weighted by Gasteiger charge is 2.42. The third kappa shape index (κ3) is 3.38. The molecule has 0 saturated heterocycles. The first-order valence-electron chi connectivity index (χ1n) is 4.06. The lowest BCUT2D eigenvalue weighted by atomic mass is 10.1. The summed E-state index contributed by atoms with van der Waals surface area (Å²) in [5.41, 5.74) is -0.104. The Labute approximate surface area is 95.8 Å². The van der Waals surface area contributed by atoms with Crippen LogP contribution in [0.2, 0.25) is 0 Å². The quantitative estimate of drug-likeness (QED) is 0.448. The number of hydrogen-bond donors (Lipinski definition) is 2. The SMILES string of the molecule is CN=C(NC)NCC1(C#N)CC1.I. The predicted octanol–water partition coefficient (Wildman–Crippen LogP) is 0.703. The summed E-state index contributed by atoms with van der Waals surface area (Å²) in [4.78, 5) is 3.96. The molecule has 13 heavy (non-hydrogen) atoms. The van der Waals surface area contributed by atoms with Crippen molar-refractivity contribution >= 4 is 29.9 Å². The van der Waals surface area contributed by atoms with Gasteiger partial charge in [-0.15, -0.1) is 24.0 Å². The summed E-state index contributed by atoms with van der Waals surface area (Å²) >= 11 is 0. The summed E-state index contributed by atoms with van der Waals surface area (Å²) in [6.07, 6.45) is 2.02. The first-order chi connectivity index (χ1) is 5.76. The highest BCUT2D eigenvalue weighted by Crippen LogP contribution is 2.43. The molecule has 5 heteroatoms. The van der Waals surface area contributed by atoms with Gasteiger partial charge < -0.3 is 10.6 Å². The van der Waals surface area contributed by atoms with Gasteiger partial charge in [0.1, 0.15) is 0 Å². The minimum atomic E-state index is -0.104. The van der Waals surface area contributed by atoms with Crippen LogP contribution in [-0.2, 0) is 0 Å². The van der Waals surface area contributed by atoms with E-state index in [4.69, 9.17) is 5.26 Å². The number of aliphatic imine (C=N–C) groups is 1. The average Bonchev–Trinajstić information content (AvgIpc) is 2.87. The fourth-order valence-electron chi connectivity index (χ4n) is 1.01. The molecule has 1 aliphatic carbocycles. The maximum Gasteiger partial charge on any atom is 0.190 e. The van der Waals surface area contributed by atoms with Gasteiger partial charge in [0.25, 0.3) is 0 Å². The van der Waals surface area contributed by atoms with Gasteiger partial charge in [-0.1, -0.05) is 0 Å². The van der Waals surface area contributed by atoms with Gasteiger partial charge in [-0.05, 0) is 12.8 Å². The molecule has 0 aromatic carbocycles. The monoisotopic (exact) mass is 294 g/mol. The van der Waals surface area contributed by atoms with Crippen molar-refractivity contribution in [2.24, 2.45) is 10.4 Å². The lowest BCUT2D eigenvalue weighted by molar-refractivity contribution is 0.631. The Morgan fingerprint density at radius 3 is 2.54 bits per heavy atom. The van der Waals surface area contributed by atoms with Crippen LogP contribution in [0.25, 0.3) is 0 Å². The van der Waals surface area contributed by atoms with Crippen LogP contribution < -0.4 is 10.6 Å². The van der Waals surface area contributed by atoms with Crippen LogP contribution in [0.5, 0.6) is 0 Å². The van der Waals surface area contributed by atoms with Gasteiger partial charge >= 0.3 is 0 Å². The number of hydrogen-bond acceptors (Lipinski definition) is 2. The number of nitriles is 1. The van der Waals surface area contributed by atoms with Gasteiger partial charge in [0.15, 0.2) is 5.96 Å². The molecule has 0 aromatic heterocycles. The maximum absolute atomic E-state index is 8.76. The van der Waals surface area contributed by atoms with Crippen LogP contribution in [0.4, 0.5) is 0 Å². The lowest BCUT2D eigenvalue weighted by Gasteiger charge is -2.10. The molecule has 0 bridgehead atoms. The molecule has 0 amide bonds. The first-order valence-corrected chi connectivity index (χ1v) is 4.06. The summed E-state index contributed by atoms with van der Waals surface area (Å²) < 4.78 is 0. The molecule has 1 rings (SSSR count). The van der Waals surface area contributed by atoms with Crippen LogP contribution in [0.1, 0.15) is 12.8 Å². The summed E-state index contributed by atoms with van der Waals surface area (Å²) in [6.45, 7) is 0.705. The van der Waals surface area contributed by atoms with Crippen molar-refractivity contribution in [1.29, 1.82) is 5.26 Å². The van der Waals surface area contributed by atoms with E-state index in [1.54, 1.807) is 14.1 Å². The van der Waals surface area contributed by atoms with Crippen molar-refractivity contribution in [3.05, 3.63) is 0 Å². The highest BCUT2D eigenvalue weighted by atomic mass is 127. The van der Waals surface area contributed by atoms with E-state index in [9.17, 15) is 0 Å². The Balaban J connectivity index is 0.00000144. The molecule has 1 aliphatic rings. The molecule has 2 N–H and O–H groups in total. The summed E-state index contributed by atoms with van der Waals surface area (Å²) in [5.74, 6) is 0.747. The Morgan fingerprint density at radius 1 is 1.62 bits per heavy atom. The van der Waals surface area contributed by atoms with Crippen molar-refractivity contribution in [3.8, 4) is 6.07 Å². The van der Waals surface area contributed by atoms with Crippen LogP contribution >= 0.6 is 24.0 Å². The van der Waals surface area contributed by atoms with E-state index in [1.807, 2.05) is 0 Å². The zero-order valence-electron chi connectivity index (χ0n) is 7.92. The number of nitrogens with zero attached hydrogens (tertiary/aromatic N) is 2. The zero-order valence-corrected chi connectivity index (χ0v) is 10.3. The van der Waals surface area contributed by atoms with Gasteiger partial charge in [0.2, 0.25) is 0 Å². The van der Waals surface area contributed by atoms with Gasteiger partial charge in [-0.2, -0.15) is 5.26 Å². The Kier molecular flexibility index (Phi) is 5.06. The van der Waals surface area contributed by atoms with Gasteiger partial charge in [-0.25, -0.2) is 0 Å². The number of rotatable bonds is 2. The zero-order chi connectivity index (χ0) is 9.03. The lowest BCUT2D eigenvalue weighted by Crippen LogP contribution is -2.37. The van der Waals surface area contributed by atoms with E-state index in [-0.39, 0.29) is 29.4 Å². The minimum Gasteiger partial charge on any atom is -0.359 e. The van der Waals surface area contributed by atoms with Crippen molar-refractivity contribution in [1.82, 2.24) is 10.6 Å². The van der Waals surface area contributed by atoms with Crippen molar-refractivity contribution in [2.45, 2.75) is 12.8 Å². The second kappa shape index (κ2) is 5.27. The van der Waals surface area contributed by atoms with Gasteiger partial charge in [0, 0.05) is 20.6 Å². The molecular weight excluding hydrogens is 279 g/mol. The smallest absolute Gasteiger partial charge is 0.190 e. The fourth-order valence-corrected chi connectivity index (χ4v) is 1.01. The van der Waals surface area contributed by atoms with Crippen LogP contribution in [0.15, 0.2) is 4.99 Å². The number of halogens is 1. The molecule has 0 aliphatic heterocycles. The fraction of sp³-hybridized carbons (Fsp3) is 0.750. The average molecular weight is 294 g/mol. The number of guanidine groups is 1. The Morgan fingerprint density at radius 2 is 2.23 bits per heavy atom. The predicted molar refractivity (Wildman–Crippen MR) is 63.1 cm³/mol. The van der Waals surface area contributed by atoms with Crippen molar-refractivity contribution < 1.29 is 0 Å². The van der Waals surface area contributed by atoms with E-state index in [2.05, 4.69) is 21.7 Å². The standard InChI is InChI=1S/C8H14N4.HI/c1-10-7(11-2)12-6-8(5-9)3-4-8;/h3-4,6H2,1-2H3,(H2,10,11,12);1H. The topological polar surface area (TPSA) is 60.2 Å². The third-order valence-electron chi connectivity index (χ3n) is 2.15. The molecule has 0 spiro atoms. The molecule has 0 unspecified atom stereocenters. The summed E-state index contributed by atoms with van der Waals surface area (Å²) in [6, 6.07) is 2.31. The van der Waals surface area contributed by atoms with Crippen molar-refractivity contribution in [3.63, 3.8) is 0 Å². The molecule has 1 fully saturated rings.